The minimum Gasteiger partial charge on any atom is -0.398 e. The molecule has 1 aliphatic rings. The van der Waals surface area contributed by atoms with Crippen molar-refractivity contribution in [3.63, 3.8) is 0 Å². The van der Waals surface area contributed by atoms with Crippen molar-refractivity contribution in [2.45, 2.75) is 26.2 Å². The Morgan fingerprint density at radius 1 is 1.40 bits per heavy atom. The number of ketones is 1. The van der Waals surface area contributed by atoms with Crippen molar-refractivity contribution >= 4 is 11.5 Å². The quantitative estimate of drug-likeness (QED) is 0.590. The van der Waals surface area contributed by atoms with E-state index in [0.717, 1.165) is 30.4 Å². The van der Waals surface area contributed by atoms with Gasteiger partial charge in [0.25, 0.3) is 0 Å². The van der Waals surface area contributed by atoms with Gasteiger partial charge in [-0.25, -0.2) is 0 Å². The molecule has 0 bridgehead atoms. The molecule has 0 amide bonds. The molecule has 0 aliphatic heterocycles. The van der Waals surface area contributed by atoms with Crippen LogP contribution < -0.4 is 5.73 Å². The van der Waals surface area contributed by atoms with E-state index in [1.807, 2.05) is 31.2 Å². The first kappa shape index (κ1) is 9.97. The first-order chi connectivity index (χ1) is 7.20. The van der Waals surface area contributed by atoms with Gasteiger partial charge in [-0.2, -0.15) is 0 Å². The molecule has 0 fully saturated rings. The number of anilines is 1. The van der Waals surface area contributed by atoms with Crippen LogP contribution in [-0.4, -0.2) is 5.78 Å². The van der Waals surface area contributed by atoms with Crippen molar-refractivity contribution in [1.82, 2.24) is 0 Å². The maximum Gasteiger partial charge on any atom is 0.190 e. The van der Waals surface area contributed by atoms with Gasteiger partial charge in [-0.15, -0.1) is 0 Å². The number of carbonyl (C=O) groups is 1. The third-order valence-electron chi connectivity index (χ3n) is 2.90. The van der Waals surface area contributed by atoms with Crippen molar-refractivity contribution in [2.75, 3.05) is 5.73 Å². The van der Waals surface area contributed by atoms with Crippen LogP contribution in [0, 0.1) is 6.92 Å². The number of nitrogen functional groups attached to an aromatic ring is 1. The molecule has 0 unspecified atom stereocenters. The minimum atomic E-state index is 0.105. The van der Waals surface area contributed by atoms with Crippen LogP contribution in [0.4, 0.5) is 5.69 Å². The van der Waals surface area contributed by atoms with Gasteiger partial charge >= 0.3 is 0 Å². The first-order valence-corrected chi connectivity index (χ1v) is 5.29. The molecule has 2 rings (SSSR count). The highest BCUT2D eigenvalue weighted by atomic mass is 16.1. The minimum absolute atomic E-state index is 0.105. The summed E-state index contributed by atoms with van der Waals surface area (Å²) >= 11 is 0. The average molecular weight is 201 g/mol. The third kappa shape index (κ3) is 1.80. The van der Waals surface area contributed by atoms with E-state index in [0.29, 0.717) is 11.3 Å². The van der Waals surface area contributed by atoms with Gasteiger partial charge in [-0.1, -0.05) is 18.2 Å². The van der Waals surface area contributed by atoms with E-state index in [-0.39, 0.29) is 5.78 Å². The van der Waals surface area contributed by atoms with E-state index in [1.165, 1.54) is 0 Å². The average Bonchev–Trinajstić information content (AvgIpc) is 2.74. The number of rotatable bonds is 2. The molecule has 1 aliphatic carbocycles. The summed E-state index contributed by atoms with van der Waals surface area (Å²) in [6, 6.07) is 5.62. The van der Waals surface area contributed by atoms with Gasteiger partial charge in [0.05, 0.1) is 0 Å². The van der Waals surface area contributed by atoms with Crippen LogP contribution >= 0.6 is 0 Å². The van der Waals surface area contributed by atoms with E-state index in [9.17, 15) is 4.79 Å². The molecule has 0 spiro atoms. The Morgan fingerprint density at radius 3 is 2.87 bits per heavy atom. The molecule has 15 heavy (non-hydrogen) atoms. The number of allylic oxidation sites excluding steroid dienone is 2. The Labute approximate surface area is 89.8 Å². The van der Waals surface area contributed by atoms with Gasteiger partial charge in [0.15, 0.2) is 5.78 Å². The zero-order valence-electron chi connectivity index (χ0n) is 8.92. The molecule has 2 heteroatoms. The molecule has 0 atom stereocenters. The van der Waals surface area contributed by atoms with Gasteiger partial charge in [0.1, 0.15) is 0 Å². The molecule has 2 nitrogen and oxygen atoms in total. The molecule has 2 N–H and O–H groups in total. The van der Waals surface area contributed by atoms with E-state index in [2.05, 4.69) is 0 Å². The lowest BCUT2D eigenvalue weighted by molar-refractivity contribution is 0.103. The number of Topliss-reactive ketones (excluding diaryl/α,β-unsaturated/α-hetero) is 1. The van der Waals surface area contributed by atoms with Crippen LogP contribution in [0.25, 0.3) is 0 Å². The molecular weight excluding hydrogens is 186 g/mol. The summed E-state index contributed by atoms with van der Waals surface area (Å²) in [5.74, 6) is 0.105. The van der Waals surface area contributed by atoms with E-state index >= 15 is 0 Å². The standard InChI is InChI=1S/C13H15NO/c1-9-5-4-8-11(12(9)14)13(15)10-6-2-3-7-10/h4-6,8H,2-3,7,14H2,1H3. The number of carbonyl (C=O) groups excluding carboxylic acids is 1. The summed E-state index contributed by atoms with van der Waals surface area (Å²) in [7, 11) is 0. The van der Waals surface area contributed by atoms with E-state index in [4.69, 9.17) is 5.73 Å². The second kappa shape index (κ2) is 3.89. The lowest BCUT2D eigenvalue weighted by atomic mass is 9.99. The highest BCUT2D eigenvalue weighted by molar-refractivity contribution is 6.12. The molecule has 0 radical (unpaired) electrons. The number of para-hydroxylation sites is 1. The molecule has 0 heterocycles. The van der Waals surface area contributed by atoms with Crippen LogP contribution in [0.15, 0.2) is 29.8 Å². The Kier molecular flexibility index (Phi) is 2.58. The Bertz CT molecular complexity index is 432. The predicted molar refractivity (Wildman–Crippen MR) is 61.9 cm³/mol. The molecule has 1 aromatic rings. The number of benzene rings is 1. The maximum absolute atomic E-state index is 12.1. The SMILES string of the molecule is Cc1cccc(C(=O)C2=CCCC2)c1N. The fraction of sp³-hybridized carbons (Fsp3) is 0.308. The van der Waals surface area contributed by atoms with Crippen molar-refractivity contribution < 1.29 is 4.79 Å². The maximum atomic E-state index is 12.1. The van der Waals surface area contributed by atoms with Crippen LogP contribution in [0.2, 0.25) is 0 Å². The van der Waals surface area contributed by atoms with Gasteiger partial charge in [-0.05, 0) is 43.4 Å². The Balaban J connectivity index is 2.37. The third-order valence-corrected chi connectivity index (χ3v) is 2.90. The lowest BCUT2D eigenvalue weighted by Gasteiger charge is -2.07. The van der Waals surface area contributed by atoms with Crippen LogP contribution in [0.3, 0.4) is 0 Å². The topological polar surface area (TPSA) is 43.1 Å². The zero-order chi connectivity index (χ0) is 10.8. The normalized spacial score (nSPS) is 15.1. The van der Waals surface area contributed by atoms with Crippen molar-refractivity contribution in [3.8, 4) is 0 Å². The monoisotopic (exact) mass is 201 g/mol. The summed E-state index contributed by atoms with van der Waals surface area (Å²) in [5, 5.41) is 0. The largest absolute Gasteiger partial charge is 0.398 e. The van der Waals surface area contributed by atoms with Gasteiger partial charge < -0.3 is 5.73 Å². The summed E-state index contributed by atoms with van der Waals surface area (Å²) in [5.41, 5.74) is 9.07. The second-order valence-electron chi connectivity index (χ2n) is 3.99. The second-order valence-corrected chi connectivity index (χ2v) is 3.99. The number of aryl methyl sites for hydroxylation is 1. The van der Waals surface area contributed by atoms with Crippen molar-refractivity contribution in [3.05, 3.63) is 41.0 Å². The fourth-order valence-corrected chi connectivity index (χ4v) is 1.93. The fourth-order valence-electron chi connectivity index (χ4n) is 1.93. The highest BCUT2D eigenvalue weighted by Gasteiger charge is 2.17. The molecule has 0 aromatic heterocycles. The van der Waals surface area contributed by atoms with Gasteiger partial charge in [0.2, 0.25) is 0 Å². The Morgan fingerprint density at radius 2 is 2.20 bits per heavy atom. The smallest absolute Gasteiger partial charge is 0.190 e. The zero-order valence-corrected chi connectivity index (χ0v) is 8.92. The summed E-state index contributed by atoms with van der Waals surface area (Å²) < 4.78 is 0. The predicted octanol–water partition coefficient (Wildman–Crippen LogP) is 2.87. The molecule has 0 saturated heterocycles. The molecule has 78 valence electrons. The highest BCUT2D eigenvalue weighted by Crippen LogP contribution is 2.25. The summed E-state index contributed by atoms with van der Waals surface area (Å²) in [6.07, 6.45) is 5.04. The number of hydrogen-bond donors (Lipinski definition) is 1. The summed E-state index contributed by atoms with van der Waals surface area (Å²) in [4.78, 5) is 12.1. The Hall–Kier alpha value is -1.57. The van der Waals surface area contributed by atoms with Crippen LogP contribution in [0.5, 0.6) is 0 Å². The van der Waals surface area contributed by atoms with Gasteiger partial charge in [0, 0.05) is 11.3 Å². The summed E-state index contributed by atoms with van der Waals surface area (Å²) in [6.45, 7) is 1.93. The van der Waals surface area contributed by atoms with Crippen LogP contribution in [-0.2, 0) is 0 Å². The lowest BCUT2D eigenvalue weighted by Crippen LogP contribution is -2.06. The first-order valence-electron chi connectivity index (χ1n) is 5.29. The molecule has 1 aromatic carbocycles. The van der Waals surface area contributed by atoms with Crippen molar-refractivity contribution in [2.24, 2.45) is 0 Å². The van der Waals surface area contributed by atoms with E-state index < -0.39 is 0 Å². The number of nitrogens with two attached hydrogens (primary N) is 1. The van der Waals surface area contributed by atoms with Crippen LogP contribution in [0.1, 0.15) is 35.2 Å². The van der Waals surface area contributed by atoms with Gasteiger partial charge in [-0.3, -0.25) is 4.79 Å². The van der Waals surface area contributed by atoms with E-state index in [1.54, 1.807) is 0 Å². The molecule has 0 saturated carbocycles. The molecular formula is C13H15NO. The van der Waals surface area contributed by atoms with Crippen molar-refractivity contribution in [1.29, 1.82) is 0 Å². The number of hydrogen-bond acceptors (Lipinski definition) is 2.